The number of carbonyl (C=O) groups is 2. The van der Waals surface area contributed by atoms with Crippen LogP contribution in [0.1, 0.15) is 15.9 Å². The molecule has 0 unspecified atom stereocenters. The molecule has 0 bridgehead atoms. The maximum absolute atomic E-state index is 11.9. The molecule has 0 aliphatic rings. The molecular weight excluding hydrogens is 318 g/mol. The Kier molecular flexibility index (Phi) is 5.60. The minimum Gasteiger partial charge on any atom is -0.497 e. The molecule has 0 spiro atoms. The molecule has 0 atom stereocenters. The summed E-state index contributed by atoms with van der Waals surface area (Å²) in [5.41, 5.74) is 1.68. The maximum Gasteiger partial charge on any atom is 0.338 e. The van der Waals surface area contributed by atoms with Crippen molar-refractivity contribution in [2.45, 2.75) is 6.92 Å². The van der Waals surface area contributed by atoms with Crippen LogP contribution in [0.25, 0.3) is 0 Å². The van der Waals surface area contributed by atoms with Crippen LogP contribution in [-0.4, -0.2) is 25.6 Å². The first-order chi connectivity index (χ1) is 11.0. The highest BCUT2D eigenvalue weighted by atomic mass is 35.5. The van der Waals surface area contributed by atoms with Gasteiger partial charge in [-0.05, 0) is 48.9 Å². The van der Waals surface area contributed by atoms with Gasteiger partial charge in [-0.2, -0.15) is 0 Å². The fraction of sp³-hybridized carbons (Fsp3) is 0.176. The third-order valence-electron chi connectivity index (χ3n) is 3.20. The van der Waals surface area contributed by atoms with Crippen LogP contribution in [0.2, 0.25) is 5.02 Å². The molecule has 23 heavy (non-hydrogen) atoms. The summed E-state index contributed by atoms with van der Waals surface area (Å²) in [6.45, 7) is 1.41. The van der Waals surface area contributed by atoms with Crippen LogP contribution < -0.4 is 10.1 Å². The summed E-state index contributed by atoms with van der Waals surface area (Å²) in [4.78, 5) is 23.7. The van der Waals surface area contributed by atoms with E-state index in [0.29, 0.717) is 22.0 Å². The Morgan fingerprint density at radius 1 is 1.13 bits per heavy atom. The molecule has 0 saturated carbocycles. The molecule has 120 valence electrons. The van der Waals surface area contributed by atoms with Crippen molar-refractivity contribution in [2.24, 2.45) is 0 Å². The lowest BCUT2D eigenvalue weighted by molar-refractivity contribution is -0.119. The van der Waals surface area contributed by atoms with Crippen LogP contribution in [0, 0.1) is 6.92 Å². The van der Waals surface area contributed by atoms with Gasteiger partial charge in [-0.15, -0.1) is 0 Å². The molecule has 0 fully saturated rings. The molecule has 0 radical (unpaired) electrons. The van der Waals surface area contributed by atoms with E-state index in [1.165, 1.54) is 7.11 Å². The van der Waals surface area contributed by atoms with Crippen molar-refractivity contribution in [3.8, 4) is 5.75 Å². The minimum absolute atomic E-state index is 0.345. The topological polar surface area (TPSA) is 64.6 Å². The fourth-order valence-electron chi connectivity index (χ4n) is 1.87. The van der Waals surface area contributed by atoms with E-state index >= 15 is 0 Å². The van der Waals surface area contributed by atoms with Crippen LogP contribution in [0.5, 0.6) is 5.75 Å². The molecule has 6 heteroatoms. The lowest BCUT2D eigenvalue weighted by Crippen LogP contribution is -2.21. The predicted octanol–water partition coefficient (Wildman–Crippen LogP) is 3.45. The number of carbonyl (C=O) groups excluding carboxylic acids is 2. The van der Waals surface area contributed by atoms with Gasteiger partial charge in [0.25, 0.3) is 5.91 Å². The zero-order chi connectivity index (χ0) is 16.8. The molecule has 0 aromatic heterocycles. The molecule has 0 saturated heterocycles. The largest absolute Gasteiger partial charge is 0.497 e. The van der Waals surface area contributed by atoms with Gasteiger partial charge in [-0.25, -0.2) is 4.79 Å². The Balaban J connectivity index is 1.90. The van der Waals surface area contributed by atoms with Gasteiger partial charge in [0.1, 0.15) is 5.75 Å². The Hall–Kier alpha value is -2.53. The summed E-state index contributed by atoms with van der Waals surface area (Å²) in [6, 6.07) is 11.6. The summed E-state index contributed by atoms with van der Waals surface area (Å²) in [5, 5.41) is 3.21. The van der Waals surface area contributed by atoms with Crippen LogP contribution in [0.15, 0.2) is 42.5 Å². The van der Waals surface area contributed by atoms with Crippen molar-refractivity contribution in [3.05, 3.63) is 58.6 Å². The molecule has 1 amide bonds. The van der Waals surface area contributed by atoms with Gasteiger partial charge < -0.3 is 14.8 Å². The number of hydrogen-bond acceptors (Lipinski definition) is 4. The Morgan fingerprint density at radius 2 is 1.83 bits per heavy atom. The molecular formula is C17H16ClNO4. The summed E-state index contributed by atoms with van der Waals surface area (Å²) in [6.07, 6.45) is 0. The third-order valence-corrected chi connectivity index (χ3v) is 3.61. The van der Waals surface area contributed by atoms with E-state index in [0.717, 1.165) is 5.56 Å². The Labute approximate surface area is 139 Å². The second kappa shape index (κ2) is 7.65. The van der Waals surface area contributed by atoms with E-state index in [2.05, 4.69) is 5.32 Å². The number of amides is 1. The lowest BCUT2D eigenvalue weighted by atomic mass is 10.2. The van der Waals surface area contributed by atoms with Crippen molar-refractivity contribution in [1.82, 2.24) is 0 Å². The molecule has 0 heterocycles. The van der Waals surface area contributed by atoms with E-state index in [1.807, 2.05) is 0 Å². The Morgan fingerprint density at radius 3 is 2.48 bits per heavy atom. The summed E-state index contributed by atoms with van der Waals surface area (Å²) in [7, 11) is 1.54. The highest BCUT2D eigenvalue weighted by Crippen LogP contribution is 2.22. The molecule has 2 rings (SSSR count). The average Bonchev–Trinajstić information content (AvgIpc) is 2.57. The number of methoxy groups -OCH3 is 1. The first-order valence-corrected chi connectivity index (χ1v) is 7.25. The van der Waals surface area contributed by atoms with E-state index < -0.39 is 11.9 Å². The minimum atomic E-state index is -0.578. The zero-order valence-corrected chi connectivity index (χ0v) is 13.5. The van der Waals surface area contributed by atoms with Gasteiger partial charge >= 0.3 is 5.97 Å². The molecule has 5 nitrogen and oxygen atoms in total. The van der Waals surface area contributed by atoms with Gasteiger partial charge in [-0.1, -0.05) is 17.7 Å². The number of benzene rings is 2. The Bertz CT molecular complexity index is 713. The fourth-order valence-corrected chi connectivity index (χ4v) is 2.05. The zero-order valence-electron chi connectivity index (χ0n) is 12.8. The normalized spacial score (nSPS) is 10.0. The standard InChI is InChI=1S/C17H16ClNO4/c1-11-14(18)4-3-5-15(11)19-16(20)10-23-17(21)12-6-8-13(22-2)9-7-12/h3-9H,10H2,1-2H3,(H,19,20). The van der Waals surface area contributed by atoms with Crippen LogP contribution >= 0.6 is 11.6 Å². The van der Waals surface area contributed by atoms with E-state index in [1.54, 1.807) is 49.4 Å². The van der Waals surface area contributed by atoms with Gasteiger partial charge in [-0.3, -0.25) is 4.79 Å². The molecule has 1 N–H and O–H groups in total. The number of hydrogen-bond donors (Lipinski definition) is 1. The number of nitrogens with one attached hydrogen (secondary N) is 1. The van der Waals surface area contributed by atoms with Crippen molar-refractivity contribution in [2.75, 3.05) is 19.0 Å². The number of ether oxygens (including phenoxy) is 2. The highest BCUT2D eigenvalue weighted by Gasteiger charge is 2.11. The summed E-state index contributed by atoms with van der Waals surface area (Å²) < 4.78 is 9.99. The molecule has 2 aromatic rings. The predicted molar refractivity (Wildman–Crippen MR) is 88.1 cm³/mol. The van der Waals surface area contributed by atoms with Crippen molar-refractivity contribution >= 4 is 29.2 Å². The first kappa shape index (κ1) is 16.8. The van der Waals surface area contributed by atoms with Crippen molar-refractivity contribution in [3.63, 3.8) is 0 Å². The van der Waals surface area contributed by atoms with E-state index in [-0.39, 0.29) is 6.61 Å². The highest BCUT2D eigenvalue weighted by molar-refractivity contribution is 6.31. The van der Waals surface area contributed by atoms with Gasteiger partial charge in [0.05, 0.1) is 12.7 Å². The van der Waals surface area contributed by atoms with Gasteiger partial charge in [0.15, 0.2) is 6.61 Å². The summed E-state index contributed by atoms with van der Waals surface area (Å²) in [5.74, 6) is -0.376. The molecule has 0 aliphatic heterocycles. The maximum atomic E-state index is 11.9. The quantitative estimate of drug-likeness (QED) is 0.851. The second-order valence-electron chi connectivity index (χ2n) is 4.77. The van der Waals surface area contributed by atoms with Crippen LogP contribution in [0.3, 0.4) is 0 Å². The SMILES string of the molecule is COc1ccc(C(=O)OCC(=O)Nc2cccc(Cl)c2C)cc1. The van der Waals surface area contributed by atoms with Gasteiger partial charge in [0.2, 0.25) is 0 Å². The van der Waals surface area contributed by atoms with Gasteiger partial charge in [0, 0.05) is 10.7 Å². The van der Waals surface area contributed by atoms with Crippen molar-refractivity contribution < 1.29 is 19.1 Å². The molecule has 2 aromatic carbocycles. The first-order valence-electron chi connectivity index (χ1n) is 6.87. The van der Waals surface area contributed by atoms with Crippen LogP contribution in [0.4, 0.5) is 5.69 Å². The number of rotatable bonds is 5. The average molecular weight is 334 g/mol. The summed E-state index contributed by atoms with van der Waals surface area (Å²) >= 11 is 5.98. The third kappa shape index (κ3) is 4.47. The van der Waals surface area contributed by atoms with Crippen LogP contribution in [-0.2, 0) is 9.53 Å². The van der Waals surface area contributed by atoms with Crippen molar-refractivity contribution in [1.29, 1.82) is 0 Å². The van der Waals surface area contributed by atoms with E-state index in [4.69, 9.17) is 21.1 Å². The lowest BCUT2D eigenvalue weighted by Gasteiger charge is -2.10. The smallest absolute Gasteiger partial charge is 0.338 e. The number of esters is 1. The second-order valence-corrected chi connectivity index (χ2v) is 5.17. The molecule has 0 aliphatic carbocycles. The monoisotopic (exact) mass is 333 g/mol. The number of halogens is 1. The number of anilines is 1. The van der Waals surface area contributed by atoms with E-state index in [9.17, 15) is 9.59 Å².